The molecule has 0 aliphatic rings. The van der Waals surface area contributed by atoms with Crippen molar-refractivity contribution in [3.05, 3.63) is 0 Å². The van der Waals surface area contributed by atoms with Gasteiger partial charge in [0, 0.05) is 13.0 Å². The van der Waals surface area contributed by atoms with Crippen LogP contribution < -0.4 is 5.32 Å². The molecule has 1 amide bonds. The molecule has 0 fully saturated rings. The number of nitrogens with one attached hydrogen (secondary N) is 1. The summed E-state index contributed by atoms with van der Waals surface area (Å²) in [6.45, 7) is 14.2. The molecule has 0 radical (unpaired) electrons. The largest absolute Gasteiger partial charge is 0.481 e. The molecule has 4 heteroatoms. The van der Waals surface area contributed by atoms with Crippen LogP contribution in [-0.2, 0) is 9.59 Å². The summed E-state index contributed by atoms with van der Waals surface area (Å²) in [7, 11) is 0. The van der Waals surface area contributed by atoms with Gasteiger partial charge in [-0.15, -0.1) is 0 Å². The number of amides is 1. The van der Waals surface area contributed by atoms with E-state index in [1.54, 1.807) is 13.8 Å². The molecule has 0 aliphatic carbocycles. The van der Waals surface area contributed by atoms with Gasteiger partial charge in [-0.2, -0.15) is 0 Å². The monoisotopic (exact) mass is 257 g/mol. The maximum absolute atomic E-state index is 11.8. The average molecular weight is 257 g/mol. The Morgan fingerprint density at radius 2 is 1.44 bits per heavy atom. The van der Waals surface area contributed by atoms with Gasteiger partial charge in [0.15, 0.2) is 0 Å². The van der Waals surface area contributed by atoms with E-state index in [-0.39, 0.29) is 23.2 Å². The van der Waals surface area contributed by atoms with E-state index in [4.69, 9.17) is 5.11 Å². The van der Waals surface area contributed by atoms with E-state index in [0.717, 1.165) is 0 Å². The van der Waals surface area contributed by atoms with Crippen molar-refractivity contribution in [2.75, 3.05) is 6.54 Å². The Morgan fingerprint density at radius 3 is 1.78 bits per heavy atom. The van der Waals surface area contributed by atoms with Gasteiger partial charge in [0.25, 0.3) is 0 Å². The topological polar surface area (TPSA) is 66.4 Å². The van der Waals surface area contributed by atoms with Crippen molar-refractivity contribution in [3.8, 4) is 0 Å². The van der Waals surface area contributed by atoms with Crippen molar-refractivity contribution in [2.45, 2.75) is 54.9 Å². The van der Waals surface area contributed by atoms with Gasteiger partial charge in [-0.1, -0.05) is 34.6 Å². The molecule has 0 atom stereocenters. The third kappa shape index (κ3) is 4.67. The van der Waals surface area contributed by atoms with Crippen LogP contribution in [0.15, 0.2) is 0 Å². The van der Waals surface area contributed by atoms with Gasteiger partial charge in [-0.3, -0.25) is 9.59 Å². The van der Waals surface area contributed by atoms with Gasteiger partial charge < -0.3 is 10.4 Å². The van der Waals surface area contributed by atoms with Gasteiger partial charge in [0.05, 0.1) is 5.41 Å². The van der Waals surface area contributed by atoms with Crippen molar-refractivity contribution in [1.29, 1.82) is 0 Å². The van der Waals surface area contributed by atoms with E-state index in [0.29, 0.717) is 6.54 Å². The maximum atomic E-state index is 11.8. The highest BCUT2D eigenvalue weighted by Crippen LogP contribution is 2.37. The van der Waals surface area contributed by atoms with Crippen molar-refractivity contribution in [3.63, 3.8) is 0 Å². The fourth-order valence-electron chi connectivity index (χ4n) is 1.12. The minimum atomic E-state index is -1.02. The van der Waals surface area contributed by atoms with Gasteiger partial charge in [-0.05, 0) is 24.7 Å². The molecule has 0 heterocycles. The lowest BCUT2D eigenvalue weighted by Crippen LogP contribution is -2.43. The number of rotatable bonds is 5. The number of hydrogen-bond donors (Lipinski definition) is 2. The van der Waals surface area contributed by atoms with E-state index >= 15 is 0 Å². The van der Waals surface area contributed by atoms with Crippen LogP contribution in [0.2, 0.25) is 0 Å². The molecule has 18 heavy (non-hydrogen) atoms. The molecule has 0 aromatic rings. The molecule has 0 rings (SSSR count). The summed E-state index contributed by atoms with van der Waals surface area (Å²) in [6, 6.07) is 0. The smallest absolute Gasteiger partial charge is 0.309 e. The molecule has 0 aliphatic heterocycles. The van der Waals surface area contributed by atoms with Crippen LogP contribution in [0.4, 0.5) is 0 Å². The second-order valence-corrected chi connectivity index (χ2v) is 7.28. The van der Waals surface area contributed by atoms with Gasteiger partial charge in [0.2, 0.25) is 5.91 Å². The predicted molar refractivity (Wildman–Crippen MR) is 72.3 cm³/mol. The summed E-state index contributed by atoms with van der Waals surface area (Å²) >= 11 is 0. The molecule has 2 N–H and O–H groups in total. The quantitative estimate of drug-likeness (QED) is 0.795. The van der Waals surface area contributed by atoms with Crippen molar-refractivity contribution < 1.29 is 14.7 Å². The molecule has 0 aromatic heterocycles. The number of carboxylic acid groups (broad SMARTS) is 1. The highest BCUT2D eigenvalue weighted by molar-refractivity contribution is 5.84. The number of aliphatic carboxylic acids is 1. The first kappa shape index (κ1) is 16.9. The first-order valence-electron chi connectivity index (χ1n) is 6.30. The molecular formula is C14H27NO3. The Balaban J connectivity index is 4.42. The Kier molecular flexibility index (Phi) is 4.98. The Labute approximate surface area is 110 Å². The standard InChI is InChI=1S/C14H27NO3/c1-12(2,3)14(6,7)9-15-10(16)8-13(4,5)11(17)18/h8-9H2,1-7H3,(H,15,16)(H,17,18). The summed E-state index contributed by atoms with van der Waals surface area (Å²) in [5, 5.41) is 11.8. The lowest BCUT2D eigenvalue weighted by molar-refractivity contribution is -0.149. The summed E-state index contributed by atoms with van der Waals surface area (Å²) in [4.78, 5) is 22.7. The summed E-state index contributed by atoms with van der Waals surface area (Å²) in [5.41, 5.74) is -0.991. The molecule has 0 unspecified atom stereocenters. The van der Waals surface area contributed by atoms with E-state index in [1.165, 1.54) is 0 Å². The Morgan fingerprint density at radius 1 is 1.00 bits per heavy atom. The highest BCUT2D eigenvalue weighted by Gasteiger charge is 2.34. The van der Waals surface area contributed by atoms with E-state index in [9.17, 15) is 9.59 Å². The predicted octanol–water partition coefficient (Wildman–Crippen LogP) is 2.68. The van der Waals surface area contributed by atoms with Gasteiger partial charge in [-0.25, -0.2) is 0 Å². The van der Waals surface area contributed by atoms with Crippen LogP contribution in [0.3, 0.4) is 0 Å². The summed E-state index contributed by atoms with van der Waals surface area (Å²) in [5.74, 6) is -1.16. The minimum absolute atomic E-state index is 0.00254. The third-order valence-corrected chi connectivity index (χ3v) is 3.94. The van der Waals surface area contributed by atoms with Crippen LogP contribution in [0.1, 0.15) is 54.9 Å². The van der Waals surface area contributed by atoms with E-state index in [1.807, 2.05) is 0 Å². The molecule has 4 nitrogen and oxygen atoms in total. The van der Waals surface area contributed by atoms with E-state index in [2.05, 4.69) is 39.9 Å². The van der Waals surface area contributed by atoms with E-state index < -0.39 is 11.4 Å². The molecule has 0 aromatic carbocycles. The zero-order chi connectivity index (χ0) is 14.8. The normalized spacial score (nSPS) is 13.3. The molecule has 106 valence electrons. The van der Waals surface area contributed by atoms with Crippen molar-refractivity contribution >= 4 is 11.9 Å². The fourth-order valence-corrected chi connectivity index (χ4v) is 1.12. The second kappa shape index (κ2) is 5.29. The zero-order valence-electron chi connectivity index (χ0n) is 12.7. The Bertz CT molecular complexity index is 324. The highest BCUT2D eigenvalue weighted by atomic mass is 16.4. The Hall–Kier alpha value is -1.06. The van der Waals surface area contributed by atoms with Crippen LogP contribution in [0.5, 0.6) is 0 Å². The minimum Gasteiger partial charge on any atom is -0.481 e. The molecular weight excluding hydrogens is 230 g/mol. The molecule has 0 spiro atoms. The maximum Gasteiger partial charge on any atom is 0.309 e. The average Bonchev–Trinajstić information content (AvgIpc) is 2.12. The molecule has 0 bridgehead atoms. The number of carbonyl (C=O) groups excluding carboxylic acids is 1. The summed E-state index contributed by atoms with van der Waals surface area (Å²) in [6.07, 6.45) is 0.00254. The van der Waals surface area contributed by atoms with Crippen molar-refractivity contribution in [2.24, 2.45) is 16.2 Å². The fraction of sp³-hybridized carbons (Fsp3) is 0.857. The first-order chi connectivity index (χ1) is 7.79. The number of hydrogen-bond acceptors (Lipinski definition) is 2. The number of carbonyl (C=O) groups is 2. The van der Waals surface area contributed by atoms with Gasteiger partial charge >= 0.3 is 5.97 Å². The zero-order valence-corrected chi connectivity index (χ0v) is 12.7. The van der Waals surface area contributed by atoms with Crippen LogP contribution >= 0.6 is 0 Å². The van der Waals surface area contributed by atoms with Crippen molar-refractivity contribution in [1.82, 2.24) is 5.32 Å². The van der Waals surface area contributed by atoms with Crippen LogP contribution in [0, 0.1) is 16.2 Å². The lowest BCUT2D eigenvalue weighted by Gasteiger charge is -2.39. The second-order valence-electron chi connectivity index (χ2n) is 7.28. The first-order valence-corrected chi connectivity index (χ1v) is 6.30. The SMILES string of the molecule is CC(C)(CC(=O)NCC(C)(C)C(C)(C)C)C(=O)O. The third-order valence-electron chi connectivity index (χ3n) is 3.94. The van der Waals surface area contributed by atoms with Crippen LogP contribution in [-0.4, -0.2) is 23.5 Å². The van der Waals surface area contributed by atoms with Gasteiger partial charge in [0.1, 0.15) is 0 Å². The molecule has 0 saturated heterocycles. The van der Waals surface area contributed by atoms with Crippen LogP contribution in [0.25, 0.3) is 0 Å². The lowest BCUT2D eigenvalue weighted by atomic mass is 9.69. The summed E-state index contributed by atoms with van der Waals surface area (Å²) < 4.78 is 0. The molecule has 0 saturated carbocycles. The number of carboxylic acids is 1.